The van der Waals surface area contributed by atoms with Crippen molar-refractivity contribution in [3.63, 3.8) is 0 Å². The normalized spacial score (nSPS) is 12.1. The Balaban J connectivity index is 1.41. The number of benzene rings is 5. The molecular formula is C37H21N7S. The average molecular weight is 596 g/mol. The predicted molar refractivity (Wildman–Crippen MR) is 183 cm³/mol. The van der Waals surface area contributed by atoms with Gasteiger partial charge in [0.15, 0.2) is 5.82 Å². The van der Waals surface area contributed by atoms with E-state index in [2.05, 4.69) is 105 Å². The van der Waals surface area contributed by atoms with Crippen LogP contribution in [0.1, 0.15) is 5.56 Å². The van der Waals surface area contributed by atoms with E-state index in [1.54, 1.807) is 24.8 Å². The van der Waals surface area contributed by atoms with Crippen LogP contribution in [0.25, 0.3) is 92.0 Å². The zero-order valence-corrected chi connectivity index (χ0v) is 24.7. The maximum Gasteiger partial charge on any atom is 0.157 e. The zero-order valence-electron chi connectivity index (χ0n) is 23.9. The highest BCUT2D eigenvalue weighted by Gasteiger charge is 2.23. The van der Waals surface area contributed by atoms with E-state index in [9.17, 15) is 0 Å². The largest absolute Gasteiger partial charge is 0.292 e. The highest BCUT2D eigenvalue weighted by molar-refractivity contribution is 7.26. The van der Waals surface area contributed by atoms with Crippen LogP contribution in [0.4, 0.5) is 0 Å². The van der Waals surface area contributed by atoms with Gasteiger partial charge in [0.05, 0.1) is 17.2 Å². The summed E-state index contributed by atoms with van der Waals surface area (Å²) in [5.74, 6) is 0.713. The Hall–Kier alpha value is -5.86. The van der Waals surface area contributed by atoms with Gasteiger partial charge < -0.3 is 0 Å². The predicted octanol–water partition coefficient (Wildman–Crippen LogP) is 8.96. The van der Waals surface area contributed by atoms with E-state index in [0.717, 1.165) is 22.2 Å². The van der Waals surface area contributed by atoms with Crippen LogP contribution >= 0.6 is 11.3 Å². The van der Waals surface area contributed by atoms with Crippen molar-refractivity contribution >= 4 is 86.4 Å². The molecule has 0 aliphatic rings. The number of aryl methyl sites for hydroxylation is 1. The summed E-state index contributed by atoms with van der Waals surface area (Å²) in [6.45, 7) is 2.23. The summed E-state index contributed by atoms with van der Waals surface area (Å²) >= 11 is 1.84. The van der Waals surface area contributed by atoms with Crippen LogP contribution in [0.3, 0.4) is 0 Å². The van der Waals surface area contributed by atoms with Crippen molar-refractivity contribution in [2.24, 2.45) is 0 Å². The molecule has 0 radical (unpaired) electrons. The summed E-state index contributed by atoms with van der Waals surface area (Å²) in [6.07, 6.45) is 8.57. The minimum atomic E-state index is 0.649. The third-order valence-electron chi connectivity index (χ3n) is 8.79. The Labute approximate surface area is 259 Å². The summed E-state index contributed by atoms with van der Waals surface area (Å²) < 4.78 is 4.86. The molecule has 0 spiro atoms. The van der Waals surface area contributed by atoms with Gasteiger partial charge in [-0.05, 0) is 30.2 Å². The van der Waals surface area contributed by atoms with Crippen molar-refractivity contribution in [1.82, 2.24) is 34.5 Å². The average Bonchev–Trinajstić information content (AvgIpc) is 3.65. The van der Waals surface area contributed by atoms with Gasteiger partial charge in [0.1, 0.15) is 33.1 Å². The molecule has 0 saturated heterocycles. The first-order valence-electron chi connectivity index (χ1n) is 14.7. The van der Waals surface area contributed by atoms with Gasteiger partial charge in [-0.3, -0.25) is 24.5 Å². The zero-order chi connectivity index (χ0) is 29.6. The molecule has 8 heteroatoms. The van der Waals surface area contributed by atoms with Crippen LogP contribution in [0, 0.1) is 6.92 Å². The first-order chi connectivity index (χ1) is 22.3. The summed E-state index contributed by atoms with van der Waals surface area (Å²) in [5.41, 5.74) is 9.66. The van der Waals surface area contributed by atoms with Gasteiger partial charge in [-0.25, -0.2) is 9.97 Å². The van der Waals surface area contributed by atoms with Crippen molar-refractivity contribution in [3.05, 3.63) is 115 Å². The lowest BCUT2D eigenvalue weighted by atomic mass is 10.0. The van der Waals surface area contributed by atoms with Crippen LogP contribution in [-0.2, 0) is 0 Å². The second-order valence-corrected chi connectivity index (χ2v) is 12.3. The minimum Gasteiger partial charge on any atom is -0.292 e. The van der Waals surface area contributed by atoms with Gasteiger partial charge in [0.2, 0.25) is 0 Å². The highest BCUT2D eigenvalue weighted by atomic mass is 32.1. The molecule has 0 saturated carbocycles. The van der Waals surface area contributed by atoms with Crippen molar-refractivity contribution in [2.75, 3.05) is 0 Å². The Kier molecular flexibility index (Phi) is 4.95. The fourth-order valence-electron chi connectivity index (χ4n) is 6.89. The summed E-state index contributed by atoms with van der Waals surface area (Å²) in [5, 5.41) is 4.92. The Morgan fingerprint density at radius 2 is 1.20 bits per heavy atom. The van der Waals surface area contributed by atoms with E-state index >= 15 is 0 Å². The van der Waals surface area contributed by atoms with E-state index in [1.807, 2.05) is 17.5 Å². The number of nitrogens with zero attached hydrogens (tertiary/aromatic N) is 7. The molecule has 45 heavy (non-hydrogen) atoms. The van der Waals surface area contributed by atoms with Crippen LogP contribution in [0.2, 0.25) is 0 Å². The molecule has 10 rings (SSSR count). The number of rotatable bonds is 2. The van der Waals surface area contributed by atoms with E-state index in [-0.39, 0.29) is 0 Å². The lowest BCUT2D eigenvalue weighted by Crippen LogP contribution is -2.03. The second kappa shape index (κ2) is 9.07. The van der Waals surface area contributed by atoms with Gasteiger partial charge in [0, 0.05) is 61.3 Å². The number of hydrogen-bond acceptors (Lipinski definition) is 7. The van der Waals surface area contributed by atoms with Gasteiger partial charge in [-0.1, -0.05) is 66.7 Å². The Bertz CT molecular complexity index is 2800. The maximum atomic E-state index is 5.33. The van der Waals surface area contributed by atoms with Crippen LogP contribution in [0.15, 0.2) is 110 Å². The molecule has 0 N–H and O–H groups in total. The third kappa shape index (κ3) is 3.34. The van der Waals surface area contributed by atoms with Gasteiger partial charge in [0.25, 0.3) is 0 Å². The molecule has 210 valence electrons. The summed E-state index contributed by atoms with van der Waals surface area (Å²) in [4.78, 5) is 28.9. The number of hydrogen-bond donors (Lipinski definition) is 0. The van der Waals surface area contributed by atoms with Crippen molar-refractivity contribution in [1.29, 1.82) is 0 Å². The number of thiophene rings is 1. The molecule has 0 fully saturated rings. The highest BCUT2D eigenvalue weighted by Crippen LogP contribution is 2.45. The molecule has 0 unspecified atom stereocenters. The fourth-order valence-corrected chi connectivity index (χ4v) is 8.07. The smallest absolute Gasteiger partial charge is 0.157 e. The molecule has 0 atom stereocenters. The lowest BCUT2D eigenvalue weighted by Gasteiger charge is -2.13. The van der Waals surface area contributed by atoms with Crippen molar-refractivity contribution < 1.29 is 0 Å². The summed E-state index contributed by atoms with van der Waals surface area (Å²) in [7, 11) is 0. The molecule has 0 amide bonds. The Morgan fingerprint density at radius 3 is 1.96 bits per heavy atom. The molecule has 5 aromatic heterocycles. The topological polar surface area (TPSA) is 82.3 Å². The molecule has 0 aliphatic carbocycles. The molecule has 0 bridgehead atoms. The molecule has 10 aromatic rings. The van der Waals surface area contributed by atoms with E-state index in [0.29, 0.717) is 38.9 Å². The lowest BCUT2D eigenvalue weighted by molar-refractivity contribution is 1.07. The third-order valence-corrected chi connectivity index (χ3v) is 10.1. The first kappa shape index (κ1) is 24.6. The van der Waals surface area contributed by atoms with Crippen LogP contribution in [-0.4, -0.2) is 34.5 Å². The number of para-hydroxylation sites is 1. The summed E-state index contributed by atoms with van der Waals surface area (Å²) in [6, 6.07) is 28.1. The number of aromatic nitrogens is 7. The molecule has 5 heterocycles. The molecule has 0 aliphatic heterocycles. The van der Waals surface area contributed by atoms with Gasteiger partial charge in [-0.15, -0.1) is 11.3 Å². The van der Waals surface area contributed by atoms with E-state index in [1.165, 1.54) is 36.5 Å². The van der Waals surface area contributed by atoms with Crippen molar-refractivity contribution in [3.8, 4) is 16.9 Å². The fraction of sp³-hybridized carbons (Fsp3) is 0.0270. The molecule has 7 nitrogen and oxygen atoms in total. The minimum absolute atomic E-state index is 0.649. The first-order valence-corrected chi connectivity index (χ1v) is 15.5. The standard InChI is InChI=1S/C37H21N7S/c1-20-35-25(18-26-23-10-5-6-13-27(23)45-37(20)26)24-12-7-11-22(21-8-3-2-4-9-21)36(24)44(35)28-19-42-33-31-29(38-14-15-40-31)30-32(34(33)43-28)41-17-16-39-30/h2-19H,1H3. The SMILES string of the molecule is Cc1c2sc3ccccc3c2cc2c3cccc(-c4ccccc4)c3n(-c3cnc4c5nccnc5c5nccnc5c4n3)c12. The van der Waals surface area contributed by atoms with Crippen LogP contribution in [0.5, 0.6) is 0 Å². The van der Waals surface area contributed by atoms with Crippen LogP contribution < -0.4 is 0 Å². The molecule has 5 aromatic carbocycles. The molecular weight excluding hydrogens is 575 g/mol. The maximum absolute atomic E-state index is 5.33. The monoisotopic (exact) mass is 595 g/mol. The van der Waals surface area contributed by atoms with Gasteiger partial charge >= 0.3 is 0 Å². The Morgan fingerprint density at radius 1 is 0.556 bits per heavy atom. The number of fused-ring (bicyclic) bond motifs is 12. The van der Waals surface area contributed by atoms with Gasteiger partial charge in [-0.2, -0.15) is 0 Å². The van der Waals surface area contributed by atoms with E-state index in [4.69, 9.17) is 15.0 Å². The quantitative estimate of drug-likeness (QED) is 0.186. The second-order valence-electron chi connectivity index (χ2n) is 11.2. The van der Waals surface area contributed by atoms with Crippen molar-refractivity contribution in [2.45, 2.75) is 6.92 Å². The van der Waals surface area contributed by atoms with E-state index < -0.39 is 0 Å².